The van der Waals surface area contributed by atoms with Crippen molar-refractivity contribution < 1.29 is 13.9 Å². The van der Waals surface area contributed by atoms with Crippen LogP contribution in [-0.2, 0) is 0 Å². The average Bonchev–Trinajstić information content (AvgIpc) is 2.24. The van der Waals surface area contributed by atoms with Gasteiger partial charge in [0.05, 0.1) is 7.11 Å². The molecule has 1 aromatic carbocycles. The Bertz CT molecular complexity index is 416. The van der Waals surface area contributed by atoms with Crippen molar-refractivity contribution in [2.75, 3.05) is 20.2 Å². The molecule has 86 valence electrons. The van der Waals surface area contributed by atoms with Gasteiger partial charge in [-0.25, -0.2) is 4.39 Å². The zero-order chi connectivity index (χ0) is 11.7. The number of halogens is 1. The van der Waals surface area contributed by atoms with Crippen molar-refractivity contribution >= 4 is 5.91 Å². The van der Waals surface area contributed by atoms with Crippen LogP contribution in [0.15, 0.2) is 18.2 Å². The Morgan fingerprint density at radius 1 is 1.56 bits per heavy atom. The summed E-state index contributed by atoms with van der Waals surface area (Å²) in [5.41, 5.74) is 6.01. The quantitative estimate of drug-likeness (QED) is 0.801. The molecule has 1 fully saturated rings. The maximum atomic E-state index is 13.1. The number of carbonyl (C=O) groups excluding carboxylic acids is 1. The number of hydrogen-bond donors (Lipinski definition) is 1. The molecule has 4 nitrogen and oxygen atoms in total. The van der Waals surface area contributed by atoms with E-state index in [0.29, 0.717) is 18.7 Å². The summed E-state index contributed by atoms with van der Waals surface area (Å²) < 4.78 is 17.9. The number of rotatable bonds is 2. The highest BCUT2D eigenvalue weighted by atomic mass is 19.1. The summed E-state index contributed by atoms with van der Waals surface area (Å²) in [5, 5.41) is 0. The molecule has 1 amide bonds. The molecule has 2 N–H and O–H groups in total. The average molecular weight is 224 g/mol. The van der Waals surface area contributed by atoms with Gasteiger partial charge in [-0.15, -0.1) is 0 Å². The number of amides is 1. The molecule has 1 saturated heterocycles. The van der Waals surface area contributed by atoms with Crippen LogP contribution in [-0.4, -0.2) is 37.0 Å². The highest BCUT2D eigenvalue weighted by molar-refractivity contribution is 5.95. The van der Waals surface area contributed by atoms with E-state index >= 15 is 0 Å². The van der Waals surface area contributed by atoms with Crippen molar-refractivity contribution in [3.05, 3.63) is 29.6 Å². The number of nitrogens with two attached hydrogens (primary N) is 1. The maximum Gasteiger partial charge on any atom is 0.254 e. The first-order chi connectivity index (χ1) is 7.61. The fourth-order valence-electron chi connectivity index (χ4n) is 1.65. The number of methoxy groups -OCH3 is 1. The summed E-state index contributed by atoms with van der Waals surface area (Å²) in [5.74, 6) is -0.532. The van der Waals surface area contributed by atoms with E-state index in [2.05, 4.69) is 0 Å². The summed E-state index contributed by atoms with van der Waals surface area (Å²) in [7, 11) is 1.37. The van der Waals surface area contributed by atoms with Crippen LogP contribution in [0.3, 0.4) is 0 Å². The summed E-state index contributed by atoms with van der Waals surface area (Å²) in [6.45, 7) is 1.11. The van der Waals surface area contributed by atoms with Crippen molar-refractivity contribution in [2.24, 2.45) is 5.73 Å². The molecule has 1 aliphatic heterocycles. The van der Waals surface area contributed by atoms with Gasteiger partial charge in [0.25, 0.3) is 5.91 Å². The Hall–Kier alpha value is -1.62. The Morgan fingerprint density at radius 3 is 2.81 bits per heavy atom. The van der Waals surface area contributed by atoms with Crippen LogP contribution < -0.4 is 10.5 Å². The lowest BCUT2D eigenvalue weighted by Gasteiger charge is -2.36. The van der Waals surface area contributed by atoms with Crippen LogP contribution in [0.1, 0.15) is 10.4 Å². The number of nitrogens with zero attached hydrogens (tertiary/aromatic N) is 1. The van der Waals surface area contributed by atoms with E-state index in [-0.39, 0.29) is 17.7 Å². The lowest BCUT2D eigenvalue weighted by molar-refractivity contribution is 0.0607. The second kappa shape index (κ2) is 4.09. The SMILES string of the molecule is COc1cc(C(=O)N2CC(N)C2)ccc1F. The van der Waals surface area contributed by atoms with Crippen molar-refractivity contribution in [1.82, 2.24) is 4.90 Å². The van der Waals surface area contributed by atoms with Crippen LogP contribution >= 0.6 is 0 Å². The number of ether oxygens (including phenoxy) is 1. The molecule has 0 atom stereocenters. The smallest absolute Gasteiger partial charge is 0.254 e. The number of carbonyl (C=O) groups is 1. The molecule has 0 radical (unpaired) electrons. The zero-order valence-corrected chi connectivity index (χ0v) is 8.94. The van der Waals surface area contributed by atoms with Gasteiger partial charge in [0.2, 0.25) is 0 Å². The lowest BCUT2D eigenvalue weighted by atomic mass is 10.1. The third-order valence-corrected chi connectivity index (χ3v) is 2.60. The normalized spacial score (nSPS) is 15.8. The summed E-state index contributed by atoms with van der Waals surface area (Å²) >= 11 is 0. The Balaban J connectivity index is 2.17. The van der Waals surface area contributed by atoms with Crippen LogP contribution in [0, 0.1) is 5.82 Å². The summed E-state index contributed by atoms with van der Waals surface area (Å²) in [6.07, 6.45) is 0. The summed E-state index contributed by atoms with van der Waals surface area (Å²) in [6, 6.07) is 4.14. The minimum absolute atomic E-state index is 0.0614. The first kappa shape index (κ1) is 10.9. The standard InChI is InChI=1S/C11H13FN2O2/c1-16-10-4-7(2-3-9(10)12)11(15)14-5-8(13)6-14/h2-4,8H,5-6,13H2,1H3. The molecule has 16 heavy (non-hydrogen) atoms. The van der Waals surface area contributed by atoms with Crippen molar-refractivity contribution in [2.45, 2.75) is 6.04 Å². The predicted molar refractivity (Wildman–Crippen MR) is 56.8 cm³/mol. The summed E-state index contributed by atoms with van der Waals surface area (Å²) in [4.78, 5) is 13.5. The van der Waals surface area contributed by atoms with Gasteiger partial charge < -0.3 is 15.4 Å². The molecule has 0 bridgehead atoms. The zero-order valence-electron chi connectivity index (χ0n) is 8.94. The van der Waals surface area contributed by atoms with Gasteiger partial charge in [-0.2, -0.15) is 0 Å². The van der Waals surface area contributed by atoms with Crippen molar-refractivity contribution in [1.29, 1.82) is 0 Å². The van der Waals surface area contributed by atoms with Gasteiger partial charge in [0.1, 0.15) is 0 Å². The predicted octanol–water partition coefficient (Wildman–Crippen LogP) is 0.617. The van der Waals surface area contributed by atoms with Crippen molar-refractivity contribution in [3.63, 3.8) is 0 Å². The van der Waals surface area contributed by atoms with Gasteiger partial charge in [0, 0.05) is 24.7 Å². The fourth-order valence-corrected chi connectivity index (χ4v) is 1.65. The molecule has 0 aliphatic carbocycles. The molecule has 2 rings (SSSR count). The van der Waals surface area contributed by atoms with Gasteiger partial charge >= 0.3 is 0 Å². The molecular formula is C11H13FN2O2. The largest absolute Gasteiger partial charge is 0.494 e. The Morgan fingerprint density at radius 2 is 2.25 bits per heavy atom. The molecule has 0 aromatic heterocycles. The van der Waals surface area contributed by atoms with Gasteiger partial charge in [-0.3, -0.25) is 4.79 Å². The van der Waals surface area contributed by atoms with Crippen LogP contribution in [0.2, 0.25) is 0 Å². The molecule has 1 aromatic rings. The fraction of sp³-hybridized carbons (Fsp3) is 0.364. The third kappa shape index (κ3) is 1.86. The van der Waals surface area contributed by atoms with E-state index in [1.165, 1.54) is 25.3 Å². The minimum Gasteiger partial charge on any atom is -0.494 e. The Labute approximate surface area is 92.8 Å². The molecule has 0 unspecified atom stereocenters. The monoisotopic (exact) mass is 224 g/mol. The molecule has 0 saturated carbocycles. The van der Waals surface area contributed by atoms with Gasteiger partial charge in [-0.1, -0.05) is 0 Å². The first-order valence-electron chi connectivity index (χ1n) is 5.00. The van der Waals surface area contributed by atoms with E-state index in [1.54, 1.807) is 4.90 Å². The third-order valence-electron chi connectivity index (χ3n) is 2.60. The number of benzene rings is 1. The van der Waals surface area contributed by atoms with E-state index in [9.17, 15) is 9.18 Å². The topological polar surface area (TPSA) is 55.6 Å². The molecule has 5 heteroatoms. The van der Waals surface area contributed by atoms with Crippen LogP contribution in [0.25, 0.3) is 0 Å². The molecular weight excluding hydrogens is 211 g/mol. The molecule has 1 heterocycles. The molecule has 1 aliphatic rings. The highest BCUT2D eigenvalue weighted by Crippen LogP contribution is 2.20. The van der Waals surface area contributed by atoms with E-state index in [4.69, 9.17) is 10.5 Å². The second-order valence-electron chi connectivity index (χ2n) is 3.82. The molecule has 0 spiro atoms. The number of hydrogen-bond acceptors (Lipinski definition) is 3. The highest BCUT2D eigenvalue weighted by Gasteiger charge is 2.28. The van der Waals surface area contributed by atoms with E-state index < -0.39 is 5.82 Å². The Kier molecular flexibility index (Phi) is 2.78. The minimum atomic E-state index is -0.473. The maximum absolute atomic E-state index is 13.1. The van der Waals surface area contributed by atoms with Gasteiger partial charge in [0.15, 0.2) is 11.6 Å². The van der Waals surface area contributed by atoms with Crippen molar-refractivity contribution in [3.8, 4) is 5.75 Å². The first-order valence-corrected chi connectivity index (χ1v) is 5.00. The van der Waals surface area contributed by atoms with Gasteiger partial charge in [-0.05, 0) is 18.2 Å². The van der Waals surface area contributed by atoms with E-state index in [0.717, 1.165) is 0 Å². The number of likely N-dealkylation sites (tertiary alicyclic amines) is 1. The second-order valence-corrected chi connectivity index (χ2v) is 3.82. The van der Waals surface area contributed by atoms with E-state index in [1.807, 2.05) is 0 Å². The lowest BCUT2D eigenvalue weighted by Crippen LogP contribution is -2.57. The van der Waals surface area contributed by atoms with Crippen LogP contribution in [0.4, 0.5) is 4.39 Å². The van der Waals surface area contributed by atoms with Crippen LogP contribution in [0.5, 0.6) is 5.75 Å².